The van der Waals surface area contributed by atoms with E-state index in [2.05, 4.69) is 10.1 Å². The summed E-state index contributed by atoms with van der Waals surface area (Å²) in [6, 6.07) is 6.14. The van der Waals surface area contributed by atoms with Gasteiger partial charge in [-0.15, -0.1) is 0 Å². The molecule has 1 N–H and O–H groups in total. The molecule has 1 aliphatic rings. The number of aromatic nitrogens is 3. The highest BCUT2D eigenvalue weighted by Crippen LogP contribution is 2.33. The van der Waals surface area contributed by atoms with E-state index in [-0.39, 0.29) is 11.9 Å². The zero-order chi connectivity index (χ0) is 16.1. The fourth-order valence-corrected chi connectivity index (χ4v) is 3.36. The third-order valence-corrected chi connectivity index (χ3v) is 4.63. The quantitative estimate of drug-likeness (QED) is 0.789. The fourth-order valence-electron chi connectivity index (χ4n) is 3.36. The van der Waals surface area contributed by atoms with Crippen molar-refractivity contribution in [3.8, 4) is 11.1 Å². The first-order valence-corrected chi connectivity index (χ1v) is 7.73. The van der Waals surface area contributed by atoms with Crippen LogP contribution in [0.1, 0.15) is 36.2 Å². The lowest BCUT2D eigenvalue weighted by molar-refractivity contribution is -0.127. The van der Waals surface area contributed by atoms with E-state index in [1.54, 1.807) is 4.90 Å². The molecule has 23 heavy (non-hydrogen) atoms. The second kappa shape index (κ2) is 4.94. The lowest BCUT2D eigenvalue weighted by Crippen LogP contribution is -2.23. The highest BCUT2D eigenvalue weighted by molar-refractivity contribution is 5.83. The highest BCUT2D eigenvalue weighted by Gasteiger charge is 2.31. The number of amides is 1. The van der Waals surface area contributed by atoms with Crippen molar-refractivity contribution in [1.29, 1.82) is 0 Å². The van der Waals surface area contributed by atoms with Crippen molar-refractivity contribution in [1.82, 2.24) is 20.0 Å². The number of carbonyl (C=O) groups is 1. The Morgan fingerprint density at radius 1 is 1.35 bits per heavy atom. The number of aromatic amines is 1. The minimum Gasteiger partial charge on any atom is -0.361 e. The number of H-pyrrole nitrogens is 1. The largest absolute Gasteiger partial charge is 0.361 e. The molecule has 6 nitrogen and oxygen atoms in total. The summed E-state index contributed by atoms with van der Waals surface area (Å²) in [6.07, 6.45) is 1.40. The summed E-state index contributed by atoms with van der Waals surface area (Å²) in [5.41, 5.74) is 4.81. The minimum absolute atomic E-state index is 0.0393. The van der Waals surface area contributed by atoms with E-state index >= 15 is 0 Å². The molecule has 0 aliphatic carbocycles. The number of rotatable bonds is 2. The van der Waals surface area contributed by atoms with Crippen LogP contribution in [0.3, 0.4) is 0 Å². The van der Waals surface area contributed by atoms with Gasteiger partial charge < -0.3 is 14.4 Å². The Hall–Kier alpha value is -2.63. The predicted octanol–water partition coefficient (Wildman–Crippen LogP) is 3.13. The van der Waals surface area contributed by atoms with E-state index in [0.717, 1.165) is 45.9 Å². The maximum Gasteiger partial charge on any atom is 0.223 e. The summed E-state index contributed by atoms with van der Waals surface area (Å²) in [4.78, 5) is 21.6. The maximum atomic E-state index is 11.7. The molecule has 0 radical (unpaired) electrons. The van der Waals surface area contributed by atoms with Gasteiger partial charge in [-0.25, -0.2) is 4.98 Å². The monoisotopic (exact) mass is 310 g/mol. The van der Waals surface area contributed by atoms with Crippen LogP contribution in [0.25, 0.3) is 22.2 Å². The highest BCUT2D eigenvalue weighted by atomic mass is 16.5. The lowest BCUT2D eigenvalue weighted by Gasteiger charge is -2.16. The average molecular weight is 310 g/mol. The number of nitrogens with one attached hydrogen (secondary N) is 1. The molecule has 6 heteroatoms. The molecule has 1 aromatic carbocycles. The SMILES string of the molecule is Cc1noc(C)c1-c1ccc2[nH]c([C@@H]3CCC(=O)N3C)nc2c1. The van der Waals surface area contributed by atoms with Gasteiger partial charge in [0.05, 0.1) is 22.8 Å². The van der Waals surface area contributed by atoms with Crippen LogP contribution in [0, 0.1) is 13.8 Å². The van der Waals surface area contributed by atoms with Crippen LogP contribution in [0.4, 0.5) is 0 Å². The molecular weight excluding hydrogens is 292 g/mol. The van der Waals surface area contributed by atoms with Crippen LogP contribution in [0.5, 0.6) is 0 Å². The fraction of sp³-hybridized carbons (Fsp3) is 0.353. The summed E-state index contributed by atoms with van der Waals surface area (Å²) in [5, 5.41) is 4.01. The Balaban J connectivity index is 1.77. The second-order valence-electron chi connectivity index (χ2n) is 6.11. The molecule has 0 spiro atoms. The summed E-state index contributed by atoms with van der Waals surface area (Å²) < 4.78 is 5.25. The molecule has 0 bridgehead atoms. The summed E-state index contributed by atoms with van der Waals surface area (Å²) in [5.74, 6) is 1.83. The van der Waals surface area contributed by atoms with Crippen molar-refractivity contribution in [2.45, 2.75) is 32.7 Å². The van der Waals surface area contributed by atoms with Crippen LogP contribution in [-0.2, 0) is 4.79 Å². The number of imidazole rings is 1. The lowest BCUT2D eigenvalue weighted by atomic mass is 10.0. The van der Waals surface area contributed by atoms with E-state index in [1.165, 1.54) is 0 Å². The number of benzene rings is 1. The minimum atomic E-state index is 0.0393. The molecule has 0 unspecified atom stereocenters. The van der Waals surface area contributed by atoms with Crippen molar-refractivity contribution in [3.05, 3.63) is 35.5 Å². The number of aryl methyl sites for hydroxylation is 2. The van der Waals surface area contributed by atoms with Gasteiger partial charge in [0.2, 0.25) is 5.91 Å². The van der Waals surface area contributed by atoms with E-state index in [0.29, 0.717) is 6.42 Å². The van der Waals surface area contributed by atoms with E-state index < -0.39 is 0 Å². The number of nitrogens with zero attached hydrogens (tertiary/aromatic N) is 3. The molecule has 1 fully saturated rings. The van der Waals surface area contributed by atoms with Gasteiger partial charge in [0.25, 0.3) is 0 Å². The van der Waals surface area contributed by atoms with Crippen LogP contribution in [0.2, 0.25) is 0 Å². The third kappa shape index (κ3) is 2.13. The van der Waals surface area contributed by atoms with Gasteiger partial charge in [0, 0.05) is 19.0 Å². The zero-order valence-corrected chi connectivity index (χ0v) is 13.4. The smallest absolute Gasteiger partial charge is 0.223 e. The molecule has 2 aromatic heterocycles. The van der Waals surface area contributed by atoms with Crippen LogP contribution in [0.15, 0.2) is 22.7 Å². The van der Waals surface area contributed by atoms with Crippen LogP contribution < -0.4 is 0 Å². The van der Waals surface area contributed by atoms with Gasteiger partial charge in [0.1, 0.15) is 11.6 Å². The van der Waals surface area contributed by atoms with Gasteiger partial charge in [-0.3, -0.25) is 4.79 Å². The van der Waals surface area contributed by atoms with E-state index in [4.69, 9.17) is 9.51 Å². The van der Waals surface area contributed by atoms with Crippen LogP contribution >= 0.6 is 0 Å². The Morgan fingerprint density at radius 2 is 2.17 bits per heavy atom. The first-order valence-electron chi connectivity index (χ1n) is 7.73. The molecule has 1 saturated heterocycles. The van der Waals surface area contributed by atoms with Gasteiger partial charge in [-0.2, -0.15) is 0 Å². The zero-order valence-electron chi connectivity index (χ0n) is 13.4. The first-order chi connectivity index (χ1) is 11.0. The van der Waals surface area contributed by atoms with Crippen molar-refractivity contribution in [2.24, 2.45) is 0 Å². The molecule has 118 valence electrons. The van der Waals surface area contributed by atoms with Crippen molar-refractivity contribution in [2.75, 3.05) is 7.05 Å². The van der Waals surface area contributed by atoms with E-state index in [9.17, 15) is 4.79 Å². The van der Waals surface area contributed by atoms with Gasteiger partial charge in [-0.05, 0) is 38.0 Å². The molecular formula is C17H18N4O2. The standard InChI is InChI=1S/C17H18N4O2/c1-9-16(10(2)23-20-9)11-4-5-12-13(8-11)19-17(18-12)14-6-7-15(22)21(14)3/h4-5,8,14H,6-7H2,1-3H3,(H,18,19)/t14-/m0/s1. The van der Waals surface area contributed by atoms with Crippen molar-refractivity contribution in [3.63, 3.8) is 0 Å². The van der Waals surface area contributed by atoms with Gasteiger partial charge in [0.15, 0.2) is 0 Å². The Kier molecular flexibility index (Phi) is 3.01. The first kappa shape index (κ1) is 14.0. The molecule has 4 rings (SSSR count). The third-order valence-electron chi connectivity index (χ3n) is 4.63. The van der Waals surface area contributed by atoms with Gasteiger partial charge in [-0.1, -0.05) is 11.2 Å². The summed E-state index contributed by atoms with van der Waals surface area (Å²) in [6.45, 7) is 3.85. The van der Waals surface area contributed by atoms with E-state index in [1.807, 2.05) is 39.1 Å². The molecule has 1 aliphatic heterocycles. The number of carbonyl (C=O) groups excluding carboxylic acids is 1. The van der Waals surface area contributed by atoms with Crippen molar-refractivity contribution >= 4 is 16.9 Å². The molecule has 1 atom stereocenters. The topological polar surface area (TPSA) is 75.0 Å². The Labute approximate surface area is 133 Å². The predicted molar refractivity (Wildman–Crippen MR) is 85.8 cm³/mol. The number of hydrogen-bond acceptors (Lipinski definition) is 4. The Bertz CT molecular complexity index is 889. The summed E-state index contributed by atoms with van der Waals surface area (Å²) >= 11 is 0. The number of hydrogen-bond donors (Lipinski definition) is 1. The molecule has 0 saturated carbocycles. The molecule has 1 amide bonds. The summed E-state index contributed by atoms with van der Waals surface area (Å²) in [7, 11) is 1.84. The average Bonchev–Trinajstić information content (AvgIpc) is 3.18. The number of likely N-dealkylation sites (tertiary alicyclic amines) is 1. The van der Waals surface area contributed by atoms with Crippen LogP contribution in [-0.4, -0.2) is 33.0 Å². The number of fused-ring (bicyclic) bond motifs is 1. The maximum absolute atomic E-state index is 11.7. The van der Waals surface area contributed by atoms with Crippen molar-refractivity contribution < 1.29 is 9.32 Å². The molecule has 3 heterocycles. The molecule has 3 aromatic rings. The Morgan fingerprint density at radius 3 is 2.83 bits per heavy atom. The van der Waals surface area contributed by atoms with Gasteiger partial charge >= 0.3 is 0 Å². The second-order valence-corrected chi connectivity index (χ2v) is 6.11. The normalized spacial score (nSPS) is 18.3.